The molecule has 0 radical (unpaired) electrons. The van der Waals surface area contributed by atoms with E-state index >= 15 is 0 Å². The maximum absolute atomic E-state index is 11.0. The SMILES string of the molecule is O=C1C=CN=C2[Se]CC=C12. The van der Waals surface area contributed by atoms with Crippen LogP contribution >= 0.6 is 0 Å². The van der Waals surface area contributed by atoms with Crippen molar-refractivity contribution in [2.45, 2.75) is 5.32 Å². The van der Waals surface area contributed by atoms with Crippen LogP contribution in [0.4, 0.5) is 0 Å². The fourth-order valence-corrected chi connectivity index (χ4v) is 2.80. The summed E-state index contributed by atoms with van der Waals surface area (Å²) < 4.78 is 1.03. The van der Waals surface area contributed by atoms with E-state index < -0.39 is 0 Å². The zero-order valence-corrected chi connectivity index (χ0v) is 6.92. The molecular formula is C7H5NOSe. The molecule has 0 atom stereocenters. The van der Waals surface area contributed by atoms with Crippen LogP contribution in [-0.2, 0) is 4.79 Å². The van der Waals surface area contributed by atoms with Crippen molar-refractivity contribution in [2.24, 2.45) is 4.99 Å². The summed E-state index contributed by atoms with van der Waals surface area (Å²) in [7, 11) is 0. The van der Waals surface area contributed by atoms with Gasteiger partial charge in [-0.1, -0.05) is 0 Å². The number of aliphatic imine (C=N–C) groups is 1. The number of ketones is 1. The Morgan fingerprint density at radius 3 is 3.30 bits per heavy atom. The van der Waals surface area contributed by atoms with E-state index in [1.807, 2.05) is 6.08 Å². The molecule has 3 heteroatoms. The van der Waals surface area contributed by atoms with Gasteiger partial charge in [0.1, 0.15) is 0 Å². The molecule has 0 fully saturated rings. The molecule has 0 N–H and O–H groups in total. The molecule has 0 spiro atoms. The third kappa shape index (κ3) is 0.789. The molecule has 2 rings (SSSR count). The summed E-state index contributed by atoms with van der Waals surface area (Å²) in [4.78, 5) is 15.2. The number of carbonyl (C=O) groups excluding carboxylic acids is 1. The van der Waals surface area contributed by atoms with Gasteiger partial charge in [0, 0.05) is 0 Å². The zero-order chi connectivity index (χ0) is 6.97. The monoisotopic (exact) mass is 199 g/mol. The molecule has 50 valence electrons. The fourth-order valence-electron chi connectivity index (χ4n) is 0.944. The van der Waals surface area contributed by atoms with Crippen molar-refractivity contribution in [3.8, 4) is 0 Å². The van der Waals surface area contributed by atoms with Crippen LogP contribution in [0.2, 0.25) is 5.32 Å². The number of hydrogen-bond donors (Lipinski definition) is 0. The predicted molar refractivity (Wildman–Crippen MR) is 40.2 cm³/mol. The van der Waals surface area contributed by atoms with Crippen molar-refractivity contribution in [3.63, 3.8) is 0 Å². The number of allylic oxidation sites excluding steroid dienone is 3. The first-order valence-corrected chi connectivity index (χ1v) is 5.07. The zero-order valence-electron chi connectivity index (χ0n) is 5.20. The molecule has 0 unspecified atom stereocenters. The Morgan fingerprint density at radius 2 is 2.50 bits per heavy atom. The van der Waals surface area contributed by atoms with Crippen LogP contribution in [0.25, 0.3) is 0 Å². The van der Waals surface area contributed by atoms with Crippen molar-refractivity contribution < 1.29 is 4.79 Å². The molecule has 0 aliphatic carbocycles. The topological polar surface area (TPSA) is 29.4 Å². The number of fused-ring (bicyclic) bond motifs is 1. The first-order chi connectivity index (χ1) is 4.88. The van der Waals surface area contributed by atoms with Crippen LogP contribution < -0.4 is 0 Å². The van der Waals surface area contributed by atoms with Gasteiger partial charge in [0.2, 0.25) is 0 Å². The summed E-state index contributed by atoms with van der Waals surface area (Å²) in [5.74, 6) is 0.129. The molecule has 2 heterocycles. The Morgan fingerprint density at radius 1 is 1.60 bits per heavy atom. The van der Waals surface area contributed by atoms with Crippen molar-refractivity contribution >= 4 is 25.4 Å². The molecule has 10 heavy (non-hydrogen) atoms. The average molecular weight is 198 g/mol. The summed E-state index contributed by atoms with van der Waals surface area (Å²) >= 11 is 0.426. The molecule has 0 aromatic heterocycles. The van der Waals surface area contributed by atoms with Crippen LogP contribution in [0.5, 0.6) is 0 Å². The van der Waals surface area contributed by atoms with E-state index in [9.17, 15) is 4.79 Å². The standard InChI is InChI=1S/C7H5NOSe/c9-6-1-3-8-7-5(6)2-4-10-7/h1-3H,4H2. The van der Waals surface area contributed by atoms with E-state index in [0.717, 1.165) is 15.5 Å². The number of hydrogen-bond acceptors (Lipinski definition) is 2. The summed E-state index contributed by atoms with van der Waals surface area (Å²) in [5.41, 5.74) is 0.850. The minimum atomic E-state index is 0.129. The molecule has 0 saturated heterocycles. The van der Waals surface area contributed by atoms with Gasteiger partial charge in [0.05, 0.1) is 0 Å². The molecule has 2 nitrogen and oxygen atoms in total. The summed E-state index contributed by atoms with van der Waals surface area (Å²) in [6, 6.07) is 0. The van der Waals surface area contributed by atoms with Gasteiger partial charge in [0.25, 0.3) is 0 Å². The van der Waals surface area contributed by atoms with Gasteiger partial charge in [-0.25, -0.2) is 0 Å². The first-order valence-electron chi connectivity index (χ1n) is 3.00. The number of carbonyl (C=O) groups is 1. The first kappa shape index (κ1) is 6.08. The van der Waals surface area contributed by atoms with E-state index in [2.05, 4.69) is 4.99 Å². The molecular weight excluding hydrogens is 193 g/mol. The molecule has 0 aromatic carbocycles. The molecule has 2 aliphatic rings. The van der Waals surface area contributed by atoms with Crippen LogP contribution in [0.1, 0.15) is 0 Å². The second-order valence-corrected chi connectivity index (χ2v) is 4.16. The van der Waals surface area contributed by atoms with Gasteiger partial charge in [-0.2, -0.15) is 0 Å². The van der Waals surface area contributed by atoms with Crippen molar-refractivity contribution in [1.29, 1.82) is 0 Å². The Bertz CT molecular complexity index is 275. The van der Waals surface area contributed by atoms with E-state index in [1.165, 1.54) is 6.08 Å². The summed E-state index contributed by atoms with van der Waals surface area (Å²) in [6.07, 6.45) is 5.11. The van der Waals surface area contributed by atoms with Gasteiger partial charge in [-0.15, -0.1) is 0 Å². The van der Waals surface area contributed by atoms with Crippen LogP contribution in [0, 0.1) is 0 Å². The third-order valence-electron chi connectivity index (χ3n) is 1.42. The van der Waals surface area contributed by atoms with Crippen molar-refractivity contribution in [1.82, 2.24) is 0 Å². The Hall–Kier alpha value is -0.661. The van der Waals surface area contributed by atoms with E-state index in [0.29, 0.717) is 15.0 Å². The molecule has 0 bridgehead atoms. The predicted octanol–water partition coefficient (Wildman–Crippen LogP) is 0.544. The fraction of sp³-hybridized carbons (Fsp3) is 0.143. The quantitative estimate of drug-likeness (QED) is 0.522. The third-order valence-corrected chi connectivity index (χ3v) is 3.38. The molecule has 0 aromatic rings. The van der Waals surface area contributed by atoms with E-state index in [1.54, 1.807) is 6.20 Å². The molecule has 0 saturated carbocycles. The minimum absolute atomic E-state index is 0.129. The summed E-state index contributed by atoms with van der Waals surface area (Å²) in [5, 5.41) is 1.04. The average Bonchev–Trinajstić information content (AvgIpc) is 2.36. The van der Waals surface area contributed by atoms with Crippen LogP contribution in [0.15, 0.2) is 28.9 Å². The van der Waals surface area contributed by atoms with Crippen molar-refractivity contribution in [2.75, 3.05) is 0 Å². The number of nitrogens with zero attached hydrogens (tertiary/aromatic N) is 1. The normalized spacial score (nSPS) is 22.2. The molecule has 2 aliphatic heterocycles. The second kappa shape index (κ2) is 2.18. The molecule has 0 amide bonds. The maximum atomic E-state index is 11.0. The van der Waals surface area contributed by atoms with Crippen LogP contribution in [0.3, 0.4) is 0 Å². The van der Waals surface area contributed by atoms with E-state index in [4.69, 9.17) is 0 Å². The number of rotatable bonds is 0. The van der Waals surface area contributed by atoms with E-state index in [-0.39, 0.29) is 5.78 Å². The van der Waals surface area contributed by atoms with Gasteiger partial charge >= 0.3 is 64.4 Å². The van der Waals surface area contributed by atoms with Gasteiger partial charge in [-0.3, -0.25) is 0 Å². The Balaban J connectivity index is 2.48. The van der Waals surface area contributed by atoms with Gasteiger partial charge in [0.15, 0.2) is 0 Å². The summed E-state index contributed by atoms with van der Waals surface area (Å²) in [6.45, 7) is 0. The Labute approximate surface area is 64.9 Å². The van der Waals surface area contributed by atoms with Gasteiger partial charge < -0.3 is 0 Å². The Kier molecular flexibility index (Phi) is 1.33. The van der Waals surface area contributed by atoms with Crippen LogP contribution in [-0.4, -0.2) is 25.4 Å². The van der Waals surface area contributed by atoms with Crippen molar-refractivity contribution in [3.05, 3.63) is 23.9 Å². The van der Waals surface area contributed by atoms with Gasteiger partial charge in [-0.05, 0) is 0 Å². The second-order valence-electron chi connectivity index (χ2n) is 2.04.